The van der Waals surface area contributed by atoms with Gasteiger partial charge in [-0.3, -0.25) is 0 Å². The molecule has 0 aliphatic carbocycles. The van der Waals surface area contributed by atoms with Crippen LogP contribution < -0.4 is 15.2 Å². The third kappa shape index (κ3) is 2.07. The van der Waals surface area contributed by atoms with Crippen molar-refractivity contribution in [1.29, 1.82) is 0 Å². The van der Waals surface area contributed by atoms with Crippen LogP contribution in [0.1, 0.15) is 0 Å². The van der Waals surface area contributed by atoms with Crippen molar-refractivity contribution in [3.63, 3.8) is 0 Å². The first-order chi connectivity index (χ1) is 11.7. The number of aromatic nitrogens is 1. The maximum absolute atomic E-state index is 5.93. The lowest BCUT2D eigenvalue weighted by molar-refractivity contribution is 0.417. The van der Waals surface area contributed by atoms with Gasteiger partial charge < -0.3 is 19.8 Å². The predicted octanol–water partition coefficient (Wildman–Crippen LogP) is 4.38. The second kappa shape index (κ2) is 5.49. The van der Waals surface area contributed by atoms with Crippen molar-refractivity contribution in [2.24, 2.45) is 0 Å². The van der Waals surface area contributed by atoms with Gasteiger partial charge in [-0.2, -0.15) is 0 Å². The average molecular weight is 318 g/mol. The van der Waals surface area contributed by atoms with Crippen LogP contribution in [0.2, 0.25) is 0 Å². The summed E-state index contributed by atoms with van der Waals surface area (Å²) in [6.45, 7) is 0. The number of methoxy groups -OCH3 is 2. The Balaban J connectivity index is 2.00. The monoisotopic (exact) mass is 318 g/mol. The lowest BCUT2D eigenvalue weighted by Gasteiger charge is -2.11. The molecule has 3 aromatic carbocycles. The zero-order valence-corrected chi connectivity index (χ0v) is 13.6. The standard InChI is InChI=1S/C20H18N2O2/c1-23-18-5-3-4-13-6-9-17-15(20(13)18)10-11-22(17)14-7-8-16(21)19(12-14)24-2/h3-12H,21H2,1-2H3. The van der Waals surface area contributed by atoms with Gasteiger partial charge >= 0.3 is 0 Å². The SMILES string of the molecule is COc1cc(-n2ccc3c4c(OC)cccc4ccc32)ccc1N. The molecule has 4 aromatic rings. The molecule has 0 fully saturated rings. The summed E-state index contributed by atoms with van der Waals surface area (Å²) < 4.78 is 13.0. The Kier molecular flexibility index (Phi) is 3.31. The van der Waals surface area contributed by atoms with E-state index < -0.39 is 0 Å². The maximum atomic E-state index is 5.93. The fourth-order valence-corrected chi connectivity index (χ4v) is 3.21. The van der Waals surface area contributed by atoms with Gasteiger partial charge in [0, 0.05) is 28.7 Å². The molecule has 120 valence electrons. The van der Waals surface area contributed by atoms with Gasteiger partial charge in [0.25, 0.3) is 0 Å². The molecule has 4 nitrogen and oxygen atoms in total. The van der Waals surface area contributed by atoms with Crippen LogP contribution in [0.4, 0.5) is 5.69 Å². The Morgan fingerprint density at radius 1 is 0.875 bits per heavy atom. The van der Waals surface area contributed by atoms with Crippen molar-refractivity contribution >= 4 is 27.4 Å². The second-order valence-electron chi connectivity index (χ2n) is 5.67. The van der Waals surface area contributed by atoms with Crippen molar-refractivity contribution in [3.8, 4) is 17.2 Å². The second-order valence-corrected chi connectivity index (χ2v) is 5.67. The van der Waals surface area contributed by atoms with E-state index in [4.69, 9.17) is 15.2 Å². The molecule has 0 aliphatic rings. The molecule has 0 radical (unpaired) electrons. The molecule has 4 heteroatoms. The predicted molar refractivity (Wildman–Crippen MR) is 98.3 cm³/mol. The third-order valence-electron chi connectivity index (χ3n) is 4.39. The molecule has 1 heterocycles. The van der Waals surface area contributed by atoms with Crippen LogP contribution in [0, 0.1) is 0 Å². The molecule has 0 aliphatic heterocycles. The Bertz CT molecular complexity index is 1050. The highest BCUT2D eigenvalue weighted by molar-refractivity contribution is 6.10. The van der Waals surface area contributed by atoms with Gasteiger partial charge in [-0.05, 0) is 35.7 Å². The molecule has 0 unspecified atom stereocenters. The van der Waals surface area contributed by atoms with E-state index >= 15 is 0 Å². The van der Waals surface area contributed by atoms with Crippen LogP contribution in [-0.4, -0.2) is 18.8 Å². The van der Waals surface area contributed by atoms with Crippen molar-refractivity contribution in [3.05, 3.63) is 60.8 Å². The fourth-order valence-electron chi connectivity index (χ4n) is 3.21. The van der Waals surface area contributed by atoms with Crippen LogP contribution in [0.3, 0.4) is 0 Å². The molecule has 24 heavy (non-hydrogen) atoms. The lowest BCUT2D eigenvalue weighted by atomic mass is 10.1. The molecule has 4 rings (SSSR count). The summed E-state index contributed by atoms with van der Waals surface area (Å²) in [5.74, 6) is 1.55. The molecular formula is C20H18N2O2. The number of ether oxygens (including phenoxy) is 2. The van der Waals surface area contributed by atoms with Gasteiger partial charge in [-0.1, -0.05) is 18.2 Å². The maximum Gasteiger partial charge on any atom is 0.143 e. The Hall–Kier alpha value is -3.14. The number of nitrogens with two attached hydrogens (primary N) is 1. The van der Waals surface area contributed by atoms with E-state index in [1.54, 1.807) is 14.2 Å². The van der Waals surface area contributed by atoms with E-state index in [2.05, 4.69) is 35.0 Å². The minimum absolute atomic E-state index is 0.629. The summed E-state index contributed by atoms with van der Waals surface area (Å²) in [7, 11) is 3.33. The minimum Gasteiger partial charge on any atom is -0.496 e. The largest absolute Gasteiger partial charge is 0.496 e. The zero-order valence-electron chi connectivity index (χ0n) is 13.6. The smallest absolute Gasteiger partial charge is 0.143 e. The number of hydrogen-bond acceptors (Lipinski definition) is 3. The topological polar surface area (TPSA) is 49.4 Å². The number of rotatable bonds is 3. The van der Waals surface area contributed by atoms with E-state index in [0.717, 1.165) is 33.1 Å². The normalized spacial score (nSPS) is 11.1. The summed E-state index contributed by atoms with van der Waals surface area (Å²) in [5.41, 5.74) is 8.67. The summed E-state index contributed by atoms with van der Waals surface area (Å²) >= 11 is 0. The first kappa shape index (κ1) is 14.5. The lowest BCUT2D eigenvalue weighted by Crippen LogP contribution is -1.96. The number of benzene rings is 3. The first-order valence-electron chi connectivity index (χ1n) is 7.73. The molecule has 0 saturated carbocycles. The van der Waals surface area contributed by atoms with Gasteiger partial charge in [0.1, 0.15) is 11.5 Å². The zero-order chi connectivity index (χ0) is 16.7. The highest BCUT2D eigenvalue weighted by atomic mass is 16.5. The highest BCUT2D eigenvalue weighted by Gasteiger charge is 2.11. The van der Waals surface area contributed by atoms with E-state index in [1.807, 2.05) is 30.3 Å². The van der Waals surface area contributed by atoms with Gasteiger partial charge in [0.05, 0.1) is 25.4 Å². The number of fused-ring (bicyclic) bond motifs is 3. The molecule has 0 spiro atoms. The Morgan fingerprint density at radius 3 is 2.50 bits per heavy atom. The summed E-state index contributed by atoms with van der Waals surface area (Å²) in [6, 6.07) is 18.3. The van der Waals surface area contributed by atoms with E-state index in [-0.39, 0.29) is 0 Å². The quantitative estimate of drug-likeness (QED) is 0.570. The first-order valence-corrected chi connectivity index (χ1v) is 7.73. The van der Waals surface area contributed by atoms with Crippen molar-refractivity contribution in [2.45, 2.75) is 0 Å². The Labute approximate surface area is 140 Å². The fraction of sp³-hybridized carbons (Fsp3) is 0.100. The van der Waals surface area contributed by atoms with Crippen molar-refractivity contribution in [1.82, 2.24) is 4.57 Å². The summed E-state index contributed by atoms with van der Waals surface area (Å²) in [5, 5.41) is 3.44. The van der Waals surface area contributed by atoms with Crippen LogP contribution in [-0.2, 0) is 0 Å². The molecule has 0 bridgehead atoms. The summed E-state index contributed by atoms with van der Waals surface area (Å²) in [6.07, 6.45) is 2.06. The Morgan fingerprint density at radius 2 is 1.71 bits per heavy atom. The van der Waals surface area contributed by atoms with Crippen molar-refractivity contribution in [2.75, 3.05) is 20.0 Å². The number of hydrogen-bond donors (Lipinski definition) is 1. The van der Waals surface area contributed by atoms with Crippen LogP contribution in [0.15, 0.2) is 60.8 Å². The van der Waals surface area contributed by atoms with Crippen LogP contribution in [0.25, 0.3) is 27.4 Å². The van der Waals surface area contributed by atoms with Crippen molar-refractivity contribution < 1.29 is 9.47 Å². The van der Waals surface area contributed by atoms with E-state index in [1.165, 1.54) is 0 Å². The molecular weight excluding hydrogens is 300 g/mol. The van der Waals surface area contributed by atoms with Crippen LogP contribution >= 0.6 is 0 Å². The van der Waals surface area contributed by atoms with Gasteiger partial charge in [-0.15, -0.1) is 0 Å². The van der Waals surface area contributed by atoms with Crippen LogP contribution in [0.5, 0.6) is 11.5 Å². The number of nitrogens with zero attached hydrogens (tertiary/aromatic N) is 1. The highest BCUT2D eigenvalue weighted by Crippen LogP contribution is 2.35. The van der Waals surface area contributed by atoms with Gasteiger partial charge in [0.2, 0.25) is 0 Å². The summed E-state index contributed by atoms with van der Waals surface area (Å²) in [4.78, 5) is 0. The molecule has 1 aromatic heterocycles. The average Bonchev–Trinajstić information content (AvgIpc) is 3.05. The number of anilines is 1. The molecule has 2 N–H and O–H groups in total. The third-order valence-corrected chi connectivity index (χ3v) is 4.39. The van der Waals surface area contributed by atoms with Gasteiger partial charge in [0.15, 0.2) is 0 Å². The molecule has 0 saturated heterocycles. The minimum atomic E-state index is 0.629. The van der Waals surface area contributed by atoms with Gasteiger partial charge in [-0.25, -0.2) is 0 Å². The molecule has 0 atom stereocenters. The number of nitrogen functional groups attached to an aromatic ring is 1. The van der Waals surface area contributed by atoms with E-state index in [9.17, 15) is 0 Å². The molecule has 0 amide bonds. The van der Waals surface area contributed by atoms with E-state index in [0.29, 0.717) is 11.4 Å².